The van der Waals surface area contributed by atoms with Gasteiger partial charge in [-0.25, -0.2) is 9.97 Å². The second-order valence-electron chi connectivity index (χ2n) is 6.66. The fraction of sp³-hybridized carbons (Fsp3) is 0.400. The first kappa shape index (κ1) is 20.4. The molecule has 0 aliphatic carbocycles. The average molecular weight is 398 g/mol. The van der Waals surface area contributed by atoms with Gasteiger partial charge in [0.05, 0.1) is 26.3 Å². The normalized spacial score (nSPS) is 13.8. The smallest absolute Gasteiger partial charge is 0.242 e. The zero-order valence-electron chi connectivity index (χ0n) is 16.9. The molecule has 1 fully saturated rings. The summed E-state index contributed by atoms with van der Waals surface area (Å²) in [5, 5.41) is 10.5. The van der Waals surface area contributed by atoms with Gasteiger partial charge in [-0.1, -0.05) is 6.07 Å². The molecule has 0 saturated carbocycles. The van der Waals surface area contributed by atoms with Crippen molar-refractivity contribution in [2.24, 2.45) is 0 Å². The molecule has 3 rings (SSSR count). The first-order valence-electron chi connectivity index (χ1n) is 9.38. The first-order chi connectivity index (χ1) is 14.1. The van der Waals surface area contributed by atoms with Gasteiger partial charge in [-0.2, -0.15) is 0 Å². The van der Waals surface area contributed by atoms with E-state index in [1.54, 1.807) is 7.11 Å². The lowest BCUT2D eigenvalue weighted by molar-refractivity contribution is -0.129. The number of nitrogens with one attached hydrogen (secondary N) is 2. The SMILES string of the molecule is COc1cc(N2CCN(C(=O)CNc3ncnc(OC)c3C=N)CC2)ccc1C. The molecule has 1 aliphatic heterocycles. The topological polar surface area (TPSA) is 104 Å². The van der Waals surface area contributed by atoms with Crippen LogP contribution in [0.5, 0.6) is 11.6 Å². The molecule has 1 aromatic carbocycles. The summed E-state index contributed by atoms with van der Waals surface area (Å²) >= 11 is 0. The number of hydrogen-bond donors (Lipinski definition) is 2. The number of aryl methyl sites for hydroxylation is 1. The lowest BCUT2D eigenvalue weighted by Crippen LogP contribution is -2.50. The maximum atomic E-state index is 12.6. The minimum Gasteiger partial charge on any atom is -0.496 e. The van der Waals surface area contributed by atoms with Crippen LogP contribution in [0, 0.1) is 12.3 Å². The number of anilines is 2. The molecule has 2 heterocycles. The number of carbonyl (C=O) groups is 1. The van der Waals surface area contributed by atoms with Gasteiger partial charge in [-0.3, -0.25) is 4.79 Å². The maximum Gasteiger partial charge on any atom is 0.242 e. The van der Waals surface area contributed by atoms with Crippen molar-refractivity contribution in [3.63, 3.8) is 0 Å². The molecular weight excluding hydrogens is 372 g/mol. The van der Waals surface area contributed by atoms with E-state index >= 15 is 0 Å². The highest BCUT2D eigenvalue weighted by atomic mass is 16.5. The minimum absolute atomic E-state index is 0.0142. The number of aromatic nitrogens is 2. The van der Waals surface area contributed by atoms with Crippen LogP contribution in [0.4, 0.5) is 11.5 Å². The van der Waals surface area contributed by atoms with Crippen LogP contribution >= 0.6 is 0 Å². The van der Waals surface area contributed by atoms with Gasteiger partial charge in [-0.05, 0) is 18.6 Å². The van der Waals surface area contributed by atoms with E-state index in [-0.39, 0.29) is 12.5 Å². The monoisotopic (exact) mass is 398 g/mol. The molecular formula is C20H26N6O3. The molecule has 1 saturated heterocycles. The molecule has 0 spiro atoms. The van der Waals surface area contributed by atoms with Gasteiger partial charge in [0.2, 0.25) is 11.8 Å². The molecule has 2 aromatic rings. The largest absolute Gasteiger partial charge is 0.496 e. The Bertz CT molecular complexity index is 881. The second-order valence-corrected chi connectivity index (χ2v) is 6.66. The average Bonchev–Trinajstić information content (AvgIpc) is 2.77. The number of carbonyl (C=O) groups excluding carboxylic acids is 1. The highest BCUT2D eigenvalue weighted by molar-refractivity contribution is 5.89. The van der Waals surface area contributed by atoms with Crippen LogP contribution in [-0.4, -0.2) is 73.9 Å². The van der Waals surface area contributed by atoms with E-state index in [1.807, 2.05) is 24.0 Å². The van der Waals surface area contributed by atoms with E-state index in [0.29, 0.717) is 30.4 Å². The third kappa shape index (κ3) is 4.56. The number of piperazine rings is 1. The van der Waals surface area contributed by atoms with Crippen molar-refractivity contribution in [3.8, 4) is 11.6 Å². The van der Waals surface area contributed by atoms with Crippen molar-refractivity contribution in [1.29, 1.82) is 5.41 Å². The fourth-order valence-corrected chi connectivity index (χ4v) is 3.30. The van der Waals surface area contributed by atoms with Crippen LogP contribution in [-0.2, 0) is 4.79 Å². The molecule has 9 nitrogen and oxygen atoms in total. The molecule has 1 aliphatic rings. The summed E-state index contributed by atoms with van der Waals surface area (Å²) in [4.78, 5) is 24.8. The number of ether oxygens (including phenoxy) is 2. The Kier molecular flexibility index (Phi) is 6.48. The zero-order valence-corrected chi connectivity index (χ0v) is 16.9. The Labute approximate surface area is 170 Å². The zero-order chi connectivity index (χ0) is 20.8. The van der Waals surface area contributed by atoms with Gasteiger partial charge in [-0.15, -0.1) is 0 Å². The molecule has 2 N–H and O–H groups in total. The van der Waals surface area contributed by atoms with E-state index in [9.17, 15) is 4.79 Å². The fourth-order valence-electron chi connectivity index (χ4n) is 3.30. The third-order valence-electron chi connectivity index (χ3n) is 4.98. The third-order valence-corrected chi connectivity index (χ3v) is 4.98. The molecule has 29 heavy (non-hydrogen) atoms. The molecule has 0 atom stereocenters. The van der Waals surface area contributed by atoms with Crippen molar-refractivity contribution >= 4 is 23.6 Å². The number of amides is 1. The van der Waals surface area contributed by atoms with Gasteiger partial charge in [0.15, 0.2) is 0 Å². The van der Waals surface area contributed by atoms with Crippen molar-refractivity contribution in [3.05, 3.63) is 35.7 Å². The van der Waals surface area contributed by atoms with E-state index in [4.69, 9.17) is 14.9 Å². The number of benzene rings is 1. The molecule has 0 bridgehead atoms. The lowest BCUT2D eigenvalue weighted by Gasteiger charge is -2.36. The Morgan fingerprint density at radius 1 is 1.21 bits per heavy atom. The summed E-state index contributed by atoms with van der Waals surface area (Å²) in [6, 6.07) is 6.17. The van der Waals surface area contributed by atoms with E-state index < -0.39 is 0 Å². The molecule has 0 radical (unpaired) electrons. The predicted octanol–water partition coefficient (Wildman–Crippen LogP) is 1.56. The van der Waals surface area contributed by atoms with Crippen LogP contribution in [0.3, 0.4) is 0 Å². The number of nitrogens with zero attached hydrogens (tertiary/aromatic N) is 4. The quantitative estimate of drug-likeness (QED) is 0.682. The van der Waals surface area contributed by atoms with Gasteiger partial charge >= 0.3 is 0 Å². The van der Waals surface area contributed by atoms with Crippen molar-refractivity contribution in [2.75, 3.05) is 57.2 Å². The summed E-state index contributed by atoms with van der Waals surface area (Å²) < 4.78 is 10.5. The van der Waals surface area contributed by atoms with Crippen LogP contribution in [0.1, 0.15) is 11.1 Å². The van der Waals surface area contributed by atoms with Crippen molar-refractivity contribution in [1.82, 2.24) is 14.9 Å². The maximum absolute atomic E-state index is 12.6. The Balaban J connectivity index is 1.56. The Morgan fingerprint density at radius 2 is 1.97 bits per heavy atom. The predicted molar refractivity (Wildman–Crippen MR) is 111 cm³/mol. The van der Waals surface area contributed by atoms with Gasteiger partial charge in [0.1, 0.15) is 17.9 Å². The lowest BCUT2D eigenvalue weighted by atomic mass is 10.1. The van der Waals surface area contributed by atoms with Crippen LogP contribution < -0.4 is 19.7 Å². The van der Waals surface area contributed by atoms with E-state index in [2.05, 4.69) is 26.3 Å². The van der Waals surface area contributed by atoms with E-state index in [1.165, 1.54) is 13.4 Å². The standard InChI is InChI=1S/C20H26N6O3/c1-14-4-5-15(10-17(14)28-2)25-6-8-26(9-7-25)18(27)12-22-19-16(11-21)20(29-3)24-13-23-19/h4-5,10-11,13,21H,6-9,12H2,1-3H3,(H,22,23,24). The summed E-state index contributed by atoms with van der Waals surface area (Å²) in [6.07, 6.45) is 2.45. The Morgan fingerprint density at radius 3 is 2.62 bits per heavy atom. The van der Waals surface area contributed by atoms with Crippen LogP contribution in [0.25, 0.3) is 0 Å². The highest BCUT2D eigenvalue weighted by Gasteiger charge is 2.22. The van der Waals surface area contributed by atoms with Gasteiger partial charge in [0, 0.05) is 44.1 Å². The van der Waals surface area contributed by atoms with Crippen LogP contribution in [0.15, 0.2) is 24.5 Å². The van der Waals surface area contributed by atoms with E-state index in [0.717, 1.165) is 36.3 Å². The molecule has 154 valence electrons. The number of hydrogen-bond acceptors (Lipinski definition) is 8. The summed E-state index contributed by atoms with van der Waals surface area (Å²) in [7, 11) is 3.15. The Hall–Kier alpha value is -3.36. The highest BCUT2D eigenvalue weighted by Crippen LogP contribution is 2.26. The molecule has 9 heteroatoms. The molecule has 0 unspecified atom stereocenters. The number of rotatable bonds is 7. The van der Waals surface area contributed by atoms with Gasteiger partial charge < -0.3 is 30.0 Å². The summed E-state index contributed by atoms with van der Waals surface area (Å²) in [5.74, 6) is 1.56. The van der Waals surface area contributed by atoms with Crippen molar-refractivity contribution < 1.29 is 14.3 Å². The van der Waals surface area contributed by atoms with Crippen molar-refractivity contribution in [2.45, 2.75) is 6.92 Å². The second kappa shape index (κ2) is 9.22. The summed E-state index contributed by atoms with van der Waals surface area (Å²) in [6.45, 7) is 4.90. The molecule has 1 amide bonds. The van der Waals surface area contributed by atoms with Crippen LogP contribution in [0.2, 0.25) is 0 Å². The first-order valence-corrected chi connectivity index (χ1v) is 9.38. The minimum atomic E-state index is -0.0142. The van der Waals surface area contributed by atoms with Gasteiger partial charge in [0.25, 0.3) is 0 Å². The molecule has 1 aromatic heterocycles. The summed E-state index contributed by atoms with van der Waals surface area (Å²) in [5.41, 5.74) is 2.61. The number of methoxy groups -OCH3 is 2.